The van der Waals surface area contributed by atoms with Gasteiger partial charge in [-0.05, 0) is 80.8 Å². The molecule has 23 nitrogen and oxygen atoms in total. The number of phenols is 2. The number of likely N-dealkylation sites (tertiary alicyclic amines) is 1. The van der Waals surface area contributed by atoms with Crippen molar-refractivity contribution in [3.63, 3.8) is 0 Å². The van der Waals surface area contributed by atoms with Crippen molar-refractivity contribution >= 4 is 53.3 Å². The number of benzene rings is 2. The van der Waals surface area contributed by atoms with E-state index in [1.54, 1.807) is 26.0 Å². The van der Waals surface area contributed by atoms with Crippen LogP contribution in [0.25, 0.3) is 0 Å². The molecule has 0 saturated carbocycles. The molecule has 2 aromatic rings. The Morgan fingerprint density at radius 1 is 0.742 bits per heavy atom. The highest BCUT2D eigenvalue weighted by Gasteiger charge is 2.39. The molecule has 1 fully saturated rings. The summed E-state index contributed by atoms with van der Waals surface area (Å²) in [6.07, 6.45) is -0.362. The Balaban J connectivity index is 1.65. The SMILES string of the molecule is CC(C)[C@H](NC(=O)[C@H](C)NC(=O)[C@@H]1CCCN1C(=O)[C@H](Cc1ccc(O)cc1)NC(=O)[C@@H](N)CCCN=C(N)N)C(=O)NCC(=O)N[C@@H](Cc1ccc(O)cc1)C(=O)N[C@H](C(=O)O)[C@@H](C)O. The normalized spacial score (nSPS) is 16.5. The second-order valence-corrected chi connectivity index (χ2v) is 16.4. The standard InChI is InChI=1S/C43H63N11O12/c1-22(2)34(40(63)48-21-33(58)50-30(19-25-9-13-27(56)14-10-25)38(61)53-35(24(4)55)42(65)66)52-36(59)23(3)49-39(62)32-8-6-18-54(32)41(64)31(20-26-11-15-28(57)16-12-26)51-37(60)29(44)7-5-17-47-43(45)46/h9-16,22-24,29-32,34-35,55-57H,5-8,17-21,44H2,1-4H3,(H,48,63)(H,49,62)(H,50,58)(H,51,60)(H,52,59)(H,53,61)(H,65,66)(H4,45,46,47)/t23-,24+,29-,30-,31-,32-,34-,35-/m0/s1. The minimum Gasteiger partial charge on any atom is -0.508 e. The van der Waals surface area contributed by atoms with E-state index in [4.69, 9.17) is 17.2 Å². The van der Waals surface area contributed by atoms with Crippen molar-refractivity contribution in [3.8, 4) is 11.5 Å². The second-order valence-electron chi connectivity index (χ2n) is 16.4. The number of carboxylic acid groups (broad SMARTS) is 1. The van der Waals surface area contributed by atoms with Crippen LogP contribution >= 0.6 is 0 Å². The molecule has 0 unspecified atom stereocenters. The number of hydrogen-bond donors (Lipinski definition) is 13. The van der Waals surface area contributed by atoms with Crippen LogP contribution in [0.5, 0.6) is 11.5 Å². The molecule has 16 N–H and O–H groups in total. The highest BCUT2D eigenvalue weighted by Crippen LogP contribution is 2.21. The number of aromatic hydroxyl groups is 2. The van der Waals surface area contributed by atoms with Gasteiger partial charge < -0.3 is 74.4 Å². The van der Waals surface area contributed by atoms with Gasteiger partial charge in [0.25, 0.3) is 0 Å². The van der Waals surface area contributed by atoms with E-state index in [0.717, 1.165) is 6.92 Å². The summed E-state index contributed by atoms with van der Waals surface area (Å²) in [6.45, 7) is 5.53. The van der Waals surface area contributed by atoms with Gasteiger partial charge in [0, 0.05) is 25.9 Å². The molecule has 1 heterocycles. The number of phenolic OH excluding ortho intramolecular Hbond substituents is 2. The van der Waals surface area contributed by atoms with E-state index >= 15 is 0 Å². The Hall–Kier alpha value is -7.01. The molecule has 7 amide bonds. The maximum atomic E-state index is 14.1. The smallest absolute Gasteiger partial charge is 0.328 e. The molecule has 8 atom stereocenters. The first-order valence-electron chi connectivity index (χ1n) is 21.4. The molecule has 1 aliphatic heterocycles. The summed E-state index contributed by atoms with van der Waals surface area (Å²) < 4.78 is 0. The summed E-state index contributed by atoms with van der Waals surface area (Å²) >= 11 is 0. The van der Waals surface area contributed by atoms with Gasteiger partial charge in [-0.25, -0.2) is 4.79 Å². The largest absolute Gasteiger partial charge is 0.508 e. The number of rotatable bonds is 24. The number of hydrogen-bond acceptors (Lipinski definition) is 13. The van der Waals surface area contributed by atoms with Crippen LogP contribution in [-0.2, 0) is 51.2 Å². The van der Waals surface area contributed by atoms with E-state index in [2.05, 4.69) is 36.9 Å². The highest BCUT2D eigenvalue weighted by molar-refractivity contribution is 5.97. The number of guanidine groups is 1. The average Bonchev–Trinajstić information content (AvgIpc) is 3.76. The van der Waals surface area contributed by atoms with Crippen molar-refractivity contribution in [2.45, 2.75) is 115 Å². The number of aliphatic hydroxyl groups is 1. The van der Waals surface area contributed by atoms with Crippen LogP contribution in [0.3, 0.4) is 0 Å². The number of amides is 7. The van der Waals surface area contributed by atoms with Gasteiger partial charge in [-0.3, -0.25) is 38.6 Å². The van der Waals surface area contributed by atoms with E-state index in [9.17, 15) is 58.8 Å². The van der Waals surface area contributed by atoms with Crippen molar-refractivity contribution in [1.82, 2.24) is 36.8 Å². The lowest BCUT2D eigenvalue weighted by Gasteiger charge is -2.30. The third-order valence-electron chi connectivity index (χ3n) is 10.6. The number of carbonyl (C=O) groups is 8. The van der Waals surface area contributed by atoms with Crippen LogP contribution in [0, 0.1) is 5.92 Å². The summed E-state index contributed by atoms with van der Waals surface area (Å²) in [6, 6.07) is 3.00. The van der Waals surface area contributed by atoms with Crippen molar-refractivity contribution < 1.29 is 58.8 Å². The van der Waals surface area contributed by atoms with Gasteiger partial charge in [-0.15, -0.1) is 0 Å². The lowest BCUT2D eigenvalue weighted by Crippen LogP contribution is -2.59. The van der Waals surface area contributed by atoms with Crippen LogP contribution < -0.4 is 49.1 Å². The maximum Gasteiger partial charge on any atom is 0.328 e. The molecule has 0 aromatic heterocycles. The van der Waals surface area contributed by atoms with Crippen molar-refractivity contribution in [3.05, 3.63) is 59.7 Å². The summed E-state index contributed by atoms with van der Waals surface area (Å²) in [5.41, 5.74) is 17.9. The molecule has 1 saturated heterocycles. The van der Waals surface area contributed by atoms with Crippen molar-refractivity contribution in [1.29, 1.82) is 0 Å². The van der Waals surface area contributed by atoms with Crippen molar-refractivity contribution in [2.75, 3.05) is 19.6 Å². The Morgan fingerprint density at radius 2 is 1.30 bits per heavy atom. The Labute approximate surface area is 381 Å². The lowest BCUT2D eigenvalue weighted by atomic mass is 10.0. The molecule has 23 heteroatoms. The van der Waals surface area contributed by atoms with Crippen molar-refractivity contribution in [2.24, 2.45) is 28.1 Å². The molecule has 3 rings (SSSR count). The molecule has 0 radical (unpaired) electrons. The van der Waals surface area contributed by atoms with Gasteiger partial charge in [0.15, 0.2) is 12.0 Å². The fraction of sp³-hybridized carbons (Fsp3) is 0.512. The Kier molecular flexibility index (Phi) is 20.6. The first-order valence-corrected chi connectivity index (χ1v) is 21.4. The number of aliphatic imine (C=N–C) groups is 1. The molecule has 0 bridgehead atoms. The molecule has 362 valence electrons. The Bertz CT molecular complexity index is 2050. The number of carboxylic acids is 1. The zero-order chi connectivity index (χ0) is 49.2. The lowest BCUT2D eigenvalue weighted by molar-refractivity contribution is -0.145. The number of carbonyl (C=O) groups excluding carboxylic acids is 7. The first kappa shape index (κ1) is 53.3. The quantitative estimate of drug-likeness (QED) is 0.0282. The molecule has 0 aliphatic carbocycles. The van der Waals surface area contributed by atoms with E-state index in [-0.39, 0.29) is 56.2 Å². The fourth-order valence-corrected chi connectivity index (χ4v) is 6.93. The van der Waals surface area contributed by atoms with E-state index < -0.39 is 108 Å². The van der Waals surface area contributed by atoms with Gasteiger partial charge >= 0.3 is 5.97 Å². The number of nitrogens with one attached hydrogen (secondary N) is 6. The zero-order valence-electron chi connectivity index (χ0n) is 37.4. The third-order valence-corrected chi connectivity index (χ3v) is 10.6. The van der Waals surface area contributed by atoms with E-state index in [1.165, 1.54) is 48.2 Å². The zero-order valence-corrected chi connectivity index (χ0v) is 37.4. The monoisotopic (exact) mass is 925 g/mol. The number of nitrogens with two attached hydrogens (primary N) is 3. The summed E-state index contributed by atoms with van der Waals surface area (Å²) in [4.78, 5) is 111. The minimum absolute atomic E-state index is 0.00242. The Morgan fingerprint density at radius 3 is 1.83 bits per heavy atom. The first-order chi connectivity index (χ1) is 31.1. The van der Waals surface area contributed by atoms with E-state index in [1.807, 2.05) is 0 Å². The molecule has 2 aromatic carbocycles. The van der Waals surface area contributed by atoms with Crippen LogP contribution in [0.1, 0.15) is 64.5 Å². The summed E-state index contributed by atoms with van der Waals surface area (Å²) in [7, 11) is 0. The van der Waals surface area contributed by atoms with Crippen LogP contribution in [0.4, 0.5) is 0 Å². The summed E-state index contributed by atoms with van der Waals surface area (Å²) in [5, 5.41) is 53.7. The van der Waals surface area contributed by atoms with E-state index in [0.29, 0.717) is 24.0 Å². The summed E-state index contributed by atoms with van der Waals surface area (Å²) in [5.74, 6) is -7.42. The number of nitrogens with zero attached hydrogens (tertiary/aromatic N) is 2. The van der Waals surface area contributed by atoms with Gasteiger partial charge in [0.05, 0.1) is 18.7 Å². The second kappa shape index (κ2) is 25.5. The van der Waals surface area contributed by atoms with Crippen LogP contribution in [0.2, 0.25) is 0 Å². The molecule has 0 spiro atoms. The highest BCUT2D eigenvalue weighted by atomic mass is 16.4. The average molecular weight is 926 g/mol. The molecule has 66 heavy (non-hydrogen) atoms. The van der Waals surface area contributed by atoms with Gasteiger partial charge in [0.2, 0.25) is 41.4 Å². The maximum absolute atomic E-state index is 14.1. The van der Waals surface area contributed by atoms with Crippen LogP contribution in [-0.4, -0.2) is 147 Å². The molecular formula is C43H63N11O12. The van der Waals surface area contributed by atoms with Gasteiger partial charge in [-0.2, -0.15) is 0 Å². The fourth-order valence-electron chi connectivity index (χ4n) is 6.93. The number of aliphatic carboxylic acids is 1. The minimum atomic E-state index is -1.70. The number of aliphatic hydroxyl groups excluding tert-OH is 1. The van der Waals surface area contributed by atoms with Crippen LogP contribution in [0.15, 0.2) is 53.5 Å². The van der Waals surface area contributed by atoms with Gasteiger partial charge in [-0.1, -0.05) is 38.1 Å². The predicted octanol–water partition coefficient (Wildman–Crippen LogP) is -3.06. The topological polar surface area (TPSA) is 383 Å². The third kappa shape index (κ3) is 16.8. The molecular weight excluding hydrogens is 863 g/mol. The van der Waals surface area contributed by atoms with Gasteiger partial charge in [0.1, 0.15) is 41.7 Å². The molecule has 1 aliphatic rings. The predicted molar refractivity (Wildman–Crippen MR) is 239 cm³/mol.